The molecule has 9 heteroatoms. The molecule has 4 rings (SSSR count). The minimum Gasteiger partial charge on any atom is -0.378 e. The molecule has 0 radical (unpaired) electrons. The molecule has 0 aliphatic carbocycles. The zero-order valence-electron chi connectivity index (χ0n) is 17.8. The summed E-state index contributed by atoms with van der Waals surface area (Å²) in [5.74, 6) is -0.638. The van der Waals surface area contributed by atoms with Crippen LogP contribution in [0.2, 0.25) is 0 Å². The zero-order chi connectivity index (χ0) is 23.0. The Balaban J connectivity index is 1.95. The molecule has 2 heterocycles. The second-order valence-corrected chi connectivity index (χ2v) is 7.81. The smallest absolute Gasteiger partial charge is 0.315 e. The van der Waals surface area contributed by atoms with E-state index < -0.39 is 18.0 Å². The third-order valence-electron chi connectivity index (χ3n) is 5.64. The van der Waals surface area contributed by atoms with Crippen LogP contribution < -0.4 is 16.4 Å². The number of nitriles is 1. The first kappa shape index (κ1) is 20.9. The Morgan fingerprint density at radius 2 is 1.84 bits per heavy atom. The van der Waals surface area contributed by atoms with Gasteiger partial charge in [0, 0.05) is 31.9 Å². The van der Waals surface area contributed by atoms with Gasteiger partial charge < -0.3 is 21.3 Å². The van der Waals surface area contributed by atoms with Gasteiger partial charge in [-0.3, -0.25) is 9.48 Å². The number of nitrogens with two attached hydrogens (primary N) is 2. The average Bonchev–Trinajstić information content (AvgIpc) is 3.18. The van der Waals surface area contributed by atoms with E-state index in [0.29, 0.717) is 35.6 Å². The first-order valence-electron chi connectivity index (χ1n) is 10.1. The molecule has 1 atom stereocenters. The molecule has 3 aromatic rings. The van der Waals surface area contributed by atoms with Crippen molar-refractivity contribution in [1.82, 2.24) is 14.7 Å². The van der Waals surface area contributed by atoms with E-state index in [0.717, 1.165) is 11.3 Å². The molecule has 2 aromatic carbocycles. The quantitative estimate of drug-likeness (QED) is 0.655. The van der Waals surface area contributed by atoms with Gasteiger partial charge in [-0.05, 0) is 29.8 Å². The number of urea groups is 1. The molecule has 4 N–H and O–H groups in total. The summed E-state index contributed by atoms with van der Waals surface area (Å²) in [6.45, 7) is 0.697. The van der Waals surface area contributed by atoms with Crippen LogP contribution in [0.5, 0.6) is 0 Å². The van der Waals surface area contributed by atoms with Crippen LogP contribution in [0.15, 0.2) is 48.5 Å². The Hall–Kier alpha value is -4.32. The largest absolute Gasteiger partial charge is 0.378 e. The minimum atomic E-state index is -0.658. The molecule has 0 fully saturated rings. The van der Waals surface area contributed by atoms with Gasteiger partial charge in [0.1, 0.15) is 11.7 Å². The Morgan fingerprint density at radius 1 is 1.12 bits per heavy atom. The molecule has 1 aliphatic rings. The molecule has 0 saturated carbocycles. The molecule has 1 aromatic heterocycles. The molecule has 1 unspecified atom stereocenters. The molecule has 32 heavy (non-hydrogen) atoms. The molecule has 0 saturated heterocycles. The van der Waals surface area contributed by atoms with Crippen molar-refractivity contribution in [3.05, 3.63) is 70.9 Å². The van der Waals surface area contributed by atoms with Crippen LogP contribution in [0, 0.1) is 11.3 Å². The zero-order valence-corrected chi connectivity index (χ0v) is 17.8. The van der Waals surface area contributed by atoms with E-state index in [1.54, 1.807) is 28.9 Å². The molecule has 3 amide bonds. The SMILES string of the molecule is CN(C)c1cccc(-c2nn3c(c2C(N)=O)C(c2ccc(C#N)cc2)N(C(N)=O)CC3)c1. The van der Waals surface area contributed by atoms with Gasteiger partial charge in [0.05, 0.1) is 29.4 Å². The fourth-order valence-electron chi connectivity index (χ4n) is 4.09. The summed E-state index contributed by atoms with van der Waals surface area (Å²) in [5, 5.41) is 13.8. The molecule has 162 valence electrons. The average molecular weight is 429 g/mol. The second kappa shape index (κ2) is 8.07. The number of carbonyl (C=O) groups excluding carboxylic acids is 2. The van der Waals surface area contributed by atoms with Crippen molar-refractivity contribution in [1.29, 1.82) is 5.26 Å². The first-order valence-corrected chi connectivity index (χ1v) is 10.1. The number of primary amides is 2. The number of nitrogens with zero attached hydrogens (tertiary/aromatic N) is 5. The van der Waals surface area contributed by atoms with E-state index in [1.165, 1.54) is 4.90 Å². The van der Waals surface area contributed by atoms with Crippen molar-refractivity contribution in [2.75, 3.05) is 25.5 Å². The van der Waals surface area contributed by atoms with Crippen LogP contribution in [0.1, 0.15) is 33.2 Å². The van der Waals surface area contributed by atoms with Gasteiger partial charge in [-0.2, -0.15) is 10.4 Å². The summed E-state index contributed by atoms with van der Waals surface area (Å²) in [5.41, 5.74) is 15.6. The Bertz CT molecular complexity index is 1240. The van der Waals surface area contributed by atoms with Gasteiger partial charge in [0.2, 0.25) is 0 Å². The fraction of sp³-hybridized carbons (Fsp3) is 0.217. The summed E-state index contributed by atoms with van der Waals surface area (Å²) >= 11 is 0. The number of fused-ring (bicyclic) bond motifs is 1. The van der Waals surface area contributed by atoms with Gasteiger partial charge >= 0.3 is 6.03 Å². The summed E-state index contributed by atoms with van der Waals surface area (Å²) in [4.78, 5) is 28.4. The number of hydrogen-bond donors (Lipinski definition) is 2. The van der Waals surface area contributed by atoms with Crippen LogP contribution >= 0.6 is 0 Å². The normalized spacial score (nSPS) is 15.0. The fourth-order valence-corrected chi connectivity index (χ4v) is 4.09. The second-order valence-electron chi connectivity index (χ2n) is 7.81. The Kier molecular flexibility index (Phi) is 5.28. The summed E-state index contributed by atoms with van der Waals surface area (Å²) < 4.78 is 1.72. The summed E-state index contributed by atoms with van der Waals surface area (Å²) in [6.07, 6.45) is 0. The van der Waals surface area contributed by atoms with Gasteiger partial charge in [-0.25, -0.2) is 4.79 Å². The van der Waals surface area contributed by atoms with Crippen molar-refractivity contribution in [3.8, 4) is 17.3 Å². The van der Waals surface area contributed by atoms with Crippen LogP contribution in [-0.4, -0.2) is 47.3 Å². The standard InChI is InChI=1S/C23H23N7O2/c1-28(2)17-5-3-4-16(12-17)19-18(22(25)31)21-20(15-8-6-14(13-24)7-9-15)29(23(26)32)10-11-30(21)27-19/h3-9,12,20H,10-11H2,1-2H3,(H2,25,31)(H2,26,32). The summed E-state index contributed by atoms with van der Waals surface area (Å²) in [6, 6.07) is 15.3. The number of amides is 3. The van der Waals surface area contributed by atoms with E-state index in [1.807, 2.05) is 43.3 Å². The molecule has 9 nitrogen and oxygen atoms in total. The first-order chi connectivity index (χ1) is 15.3. The van der Waals surface area contributed by atoms with Gasteiger partial charge in [-0.1, -0.05) is 24.3 Å². The molecular weight excluding hydrogens is 406 g/mol. The number of hydrogen-bond acceptors (Lipinski definition) is 5. The van der Waals surface area contributed by atoms with Crippen molar-refractivity contribution < 1.29 is 9.59 Å². The predicted octanol–water partition coefficient (Wildman–Crippen LogP) is 2.07. The number of aromatic nitrogens is 2. The van der Waals surface area contributed by atoms with E-state index in [9.17, 15) is 9.59 Å². The number of benzene rings is 2. The Labute approximate surface area is 185 Å². The van der Waals surface area contributed by atoms with Crippen LogP contribution in [0.4, 0.5) is 10.5 Å². The molecule has 0 bridgehead atoms. The topological polar surface area (TPSA) is 134 Å². The monoisotopic (exact) mass is 429 g/mol. The maximum absolute atomic E-state index is 12.7. The van der Waals surface area contributed by atoms with Gasteiger partial charge in [0.15, 0.2) is 0 Å². The highest BCUT2D eigenvalue weighted by atomic mass is 16.2. The lowest BCUT2D eigenvalue weighted by Crippen LogP contribution is -2.46. The highest BCUT2D eigenvalue weighted by Gasteiger charge is 2.37. The third kappa shape index (κ3) is 3.52. The van der Waals surface area contributed by atoms with Crippen molar-refractivity contribution in [2.45, 2.75) is 12.6 Å². The van der Waals surface area contributed by atoms with Gasteiger partial charge in [-0.15, -0.1) is 0 Å². The number of rotatable bonds is 4. The highest BCUT2D eigenvalue weighted by Crippen LogP contribution is 2.38. The maximum atomic E-state index is 12.7. The predicted molar refractivity (Wildman–Crippen MR) is 120 cm³/mol. The van der Waals surface area contributed by atoms with Crippen molar-refractivity contribution in [3.63, 3.8) is 0 Å². The van der Waals surface area contributed by atoms with E-state index >= 15 is 0 Å². The van der Waals surface area contributed by atoms with Crippen molar-refractivity contribution >= 4 is 17.6 Å². The molecular formula is C23H23N7O2. The van der Waals surface area contributed by atoms with E-state index in [2.05, 4.69) is 6.07 Å². The van der Waals surface area contributed by atoms with Crippen LogP contribution in [0.25, 0.3) is 11.3 Å². The molecule has 0 spiro atoms. The van der Waals surface area contributed by atoms with Crippen LogP contribution in [-0.2, 0) is 6.54 Å². The third-order valence-corrected chi connectivity index (χ3v) is 5.64. The minimum absolute atomic E-state index is 0.251. The lowest BCUT2D eigenvalue weighted by molar-refractivity contribution is 0.0995. The van der Waals surface area contributed by atoms with Gasteiger partial charge in [0.25, 0.3) is 5.91 Å². The number of anilines is 1. The lowest BCUT2D eigenvalue weighted by atomic mass is 9.94. The Morgan fingerprint density at radius 3 is 2.44 bits per heavy atom. The van der Waals surface area contributed by atoms with Crippen molar-refractivity contribution in [2.24, 2.45) is 11.5 Å². The summed E-state index contributed by atoms with van der Waals surface area (Å²) in [7, 11) is 3.86. The molecule has 1 aliphatic heterocycles. The maximum Gasteiger partial charge on any atom is 0.315 e. The van der Waals surface area contributed by atoms with E-state index in [-0.39, 0.29) is 5.56 Å². The highest BCUT2D eigenvalue weighted by molar-refractivity contribution is 6.01. The lowest BCUT2D eigenvalue weighted by Gasteiger charge is -2.35. The van der Waals surface area contributed by atoms with E-state index in [4.69, 9.17) is 21.8 Å². The number of carbonyl (C=O) groups is 2. The van der Waals surface area contributed by atoms with Crippen LogP contribution in [0.3, 0.4) is 0 Å².